The summed E-state index contributed by atoms with van der Waals surface area (Å²) in [6, 6.07) is 8.00. The Hall–Kier alpha value is -0.580. The van der Waals surface area contributed by atoms with Crippen LogP contribution < -0.4 is 4.74 Å². The predicted octanol–water partition coefficient (Wildman–Crippen LogP) is 3.72. The topological polar surface area (TPSA) is 21.7 Å². The van der Waals surface area contributed by atoms with Crippen molar-refractivity contribution < 1.29 is 9.47 Å². The van der Waals surface area contributed by atoms with Gasteiger partial charge in [0, 0.05) is 24.2 Å². The van der Waals surface area contributed by atoms with Gasteiger partial charge in [0.05, 0.1) is 6.10 Å². The van der Waals surface area contributed by atoms with E-state index in [0.29, 0.717) is 6.10 Å². The smallest absolute Gasteiger partial charge is 0.119 e. The Kier molecular flexibility index (Phi) is 6.83. The monoisotopic (exact) mass is 341 g/mol. The molecule has 1 aliphatic rings. The molecule has 1 aromatic carbocycles. The van der Waals surface area contributed by atoms with Crippen LogP contribution >= 0.6 is 15.9 Å². The molecule has 20 heavy (non-hydrogen) atoms. The third-order valence-corrected chi connectivity index (χ3v) is 4.04. The molecule has 4 heteroatoms. The minimum atomic E-state index is 0.413. The van der Waals surface area contributed by atoms with Gasteiger partial charge < -0.3 is 9.47 Å². The molecule has 0 N–H and O–H groups in total. The highest BCUT2D eigenvalue weighted by molar-refractivity contribution is 9.10. The summed E-state index contributed by atoms with van der Waals surface area (Å²) in [7, 11) is 0. The van der Waals surface area contributed by atoms with Crippen LogP contribution in [-0.4, -0.2) is 43.9 Å². The van der Waals surface area contributed by atoms with E-state index in [-0.39, 0.29) is 0 Å². The van der Waals surface area contributed by atoms with E-state index in [4.69, 9.17) is 9.47 Å². The Morgan fingerprint density at radius 2 is 2.05 bits per heavy atom. The van der Waals surface area contributed by atoms with Gasteiger partial charge in [-0.2, -0.15) is 0 Å². The molecule has 1 fully saturated rings. The van der Waals surface area contributed by atoms with Gasteiger partial charge in [0.15, 0.2) is 0 Å². The minimum Gasteiger partial charge on any atom is -0.492 e. The van der Waals surface area contributed by atoms with Gasteiger partial charge in [-0.15, -0.1) is 0 Å². The highest BCUT2D eigenvalue weighted by atomic mass is 79.9. The number of benzene rings is 1. The van der Waals surface area contributed by atoms with Crippen LogP contribution in [0.15, 0.2) is 28.7 Å². The average Bonchev–Trinajstić information content (AvgIpc) is 2.48. The van der Waals surface area contributed by atoms with Gasteiger partial charge in [-0.25, -0.2) is 0 Å². The zero-order valence-corrected chi connectivity index (χ0v) is 13.8. The average molecular weight is 342 g/mol. The van der Waals surface area contributed by atoms with E-state index >= 15 is 0 Å². The van der Waals surface area contributed by atoms with Crippen molar-refractivity contribution in [2.75, 3.05) is 32.8 Å². The van der Waals surface area contributed by atoms with Crippen LogP contribution in [0.25, 0.3) is 0 Å². The molecule has 2 rings (SSSR count). The lowest BCUT2D eigenvalue weighted by Gasteiger charge is -2.32. The van der Waals surface area contributed by atoms with Gasteiger partial charge in [-0.1, -0.05) is 22.9 Å². The highest BCUT2D eigenvalue weighted by Gasteiger charge is 2.19. The Morgan fingerprint density at radius 3 is 2.80 bits per heavy atom. The van der Waals surface area contributed by atoms with Gasteiger partial charge >= 0.3 is 0 Å². The van der Waals surface area contributed by atoms with Crippen LogP contribution in [0.4, 0.5) is 0 Å². The van der Waals surface area contributed by atoms with Crippen molar-refractivity contribution in [3.05, 3.63) is 28.7 Å². The number of likely N-dealkylation sites (tertiary alicyclic amines) is 1. The second kappa shape index (κ2) is 8.65. The lowest BCUT2D eigenvalue weighted by atomic mass is 10.1. The van der Waals surface area contributed by atoms with E-state index in [1.165, 1.54) is 12.8 Å². The number of nitrogens with zero attached hydrogens (tertiary/aromatic N) is 1. The summed E-state index contributed by atoms with van der Waals surface area (Å²) in [4.78, 5) is 2.45. The molecule has 1 saturated heterocycles. The standard InChI is InChI=1S/C16H24BrNO2/c1-2-11-19-16-4-3-9-18(13-16)10-12-20-15-7-5-14(17)6-8-15/h5-8,16H,2-4,9-13H2,1H3. The molecule has 1 aromatic rings. The molecule has 1 heterocycles. The van der Waals surface area contributed by atoms with Gasteiger partial charge in [-0.05, 0) is 50.1 Å². The molecular formula is C16H24BrNO2. The Labute approximate surface area is 130 Å². The molecule has 3 nitrogen and oxygen atoms in total. The van der Waals surface area contributed by atoms with Crippen LogP contribution in [0.3, 0.4) is 0 Å². The first-order valence-corrected chi connectivity index (χ1v) is 8.29. The molecule has 112 valence electrons. The molecule has 0 saturated carbocycles. The summed E-state index contributed by atoms with van der Waals surface area (Å²) in [5, 5.41) is 0. The highest BCUT2D eigenvalue weighted by Crippen LogP contribution is 2.17. The first kappa shape index (κ1) is 15.8. The summed E-state index contributed by atoms with van der Waals surface area (Å²) in [6.45, 7) is 6.96. The molecule has 0 amide bonds. The summed E-state index contributed by atoms with van der Waals surface area (Å²) in [5.41, 5.74) is 0. The molecule has 0 aliphatic carbocycles. The van der Waals surface area contributed by atoms with Crippen molar-refractivity contribution in [3.63, 3.8) is 0 Å². The van der Waals surface area contributed by atoms with Crippen molar-refractivity contribution in [1.82, 2.24) is 4.90 Å². The van der Waals surface area contributed by atoms with E-state index in [9.17, 15) is 0 Å². The first-order valence-electron chi connectivity index (χ1n) is 7.50. The Balaban J connectivity index is 1.67. The molecule has 0 bridgehead atoms. The van der Waals surface area contributed by atoms with E-state index in [0.717, 1.165) is 49.5 Å². The summed E-state index contributed by atoms with van der Waals surface area (Å²) in [6.07, 6.45) is 3.94. The molecule has 1 atom stereocenters. The van der Waals surface area contributed by atoms with E-state index in [1.54, 1.807) is 0 Å². The molecular weight excluding hydrogens is 318 g/mol. The lowest BCUT2D eigenvalue weighted by molar-refractivity contribution is -0.00268. The van der Waals surface area contributed by atoms with Crippen molar-refractivity contribution in [2.45, 2.75) is 32.3 Å². The van der Waals surface area contributed by atoms with Crippen molar-refractivity contribution >= 4 is 15.9 Å². The molecule has 0 radical (unpaired) electrons. The number of piperidine rings is 1. The fraction of sp³-hybridized carbons (Fsp3) is 0.625. The second-order valence-corrected chi connectivity index (χ2v) is 6.15. The second-order valence-electron chi connectivity index (χ2n) is 5.24. The zero-order valence-electron chi connectivity index (χ0n) is 12.2. The third-order valence-electron chi connectivity index (χ3n) is 3.51. The number of rotatable bonds is 7. The largest absolute Gasteiger partial charge is 0.492 e. The summed E-state index contributed by atoms with van der Waals surface area (Å²) < 4.78 is 12.7. The minimum absolute atomic E-state index is 0.413. The first-order chi connectivity index (χ1) is 9.78. The fourth-order valence-electron chi connectivity index (χ4n) is 2.46. The molecule has 0 aromatic heterocycles. The Bertz CT molecular complexity index is 383. The van der Waals surface area contributed by atoms with Gasteiger partial charge in [0.2, 0.25) is 0 Å². The zero-order chi connectivity index (χ0) is 14.2. The fourth-order valence-corrected chi connectivity index (χ4v) is 2.72. The number of ether oxygens (including phenoxy) is 2. The van der Waals surface area contributed by atoms with Crippen LogP contribution in [0.2, 0.25) is 0 Å². The van der Waals surface area contributed by atoms with E-state index < -0.39 is 0 Å². The van der Waals surface area contributed by atoms with Gasteiger partial charge in [-0.3, -0.25) is 4.90 Å². The third kappa shape index (κ3) is 5.43. The van der Waals surface area contributed by atoms with Crippen LogP contribution in [0, 0.1) is 0 Å². The van der Waals surface area contributed by atoms with Crippen molar-refractivity contribution in [2.24, 2.45) is 0 Å². The maximum absolute atomic E-state index is 5.85. The van der Waals surface area contributed by atoms with Crippen molar-refractivity contribution in [3.8, 4) is 5.75 Å². The predicted molar refractivity (Wildman–Crippen MR) is 85.3 cm³/mol. The summed E-state index contributed by atoms with van der Waals surface area (Å²) >= 11 is 3.43. The van der Waals surface area contributed by atoms with E-state index in [2.05, 4.69) is 27.8 Å². The maximum Gasteiger partial charge on any atom is 0.119 e. The molecule has 0 spiro atoms. The van der Waals surface area contributed by atoms with Crippen LogP contribution in [0.5, 0.6) is 5.75 Å². The number of hydrogen-bond donors (Lipinski definition) is 0. The quantitative estimate of drug-likeness (QED) is 0.754. The maximum atomic E-state index is 5.85. The molecule has 1 unspecified atom stereocenters. The van der Waals surface area contributed by atoms with Crippen molar-refractivity contribution in [1.29, 1.82) is 0 Å². The lowest BCUT2D eigenvalue weighted by Crippen LogP contribution is -2.41. The normalized spacial score (nSPS) is 20.0. The SMILES string of the molecule is CCCOC1CCCN(CCOc2ccc(Br)cc2)C1. The number of halogens is 1. The van der Waals surface area contributed by atoms with Crippen LogP contribution in [-0.2, 0) is 4.74 Å². The molecule has 1 aliphatic heterocycles. The number of hydrogen-bond acceptors (Lipinski definition) is 3. The van der Waals surface area contributed by atoms with Gasteiger partial charge in [0.1, 0.15) is 12.4 Å². The van der Waals surface area contributed by atoms with E-state index in [1.807, 2.05) is 24.3 Å². The Morgan fingerprint density at radius 1 is 1.25 bits per heavy atom. The summed E-state index contributed by atoms with van der Waals surface area (Å²) in [5.74, 6) is 0.934. The van der Waals surface area contributed by atoms with Crippen LogP contribution in [0.1, 0.15) is 26.2 Å². The van der Waals surface area contributed by atoms with Gasteiger partial charge in [0.25, 0.3) is 0 Å².